The first-order valence-electron chi connectivity index (χ1n) is 7.56. The smallest absolute Gasteiger partial charge is 0.343 e. The molecule has 0 radical (unpaired) electrons. The molecule has 1 aliphatic rings. The molecule has 1 heterocycles. The first-order chi connectivity index (χ1) is 11.6. The molecule has 0 amide bonds. The molecule has 3 rings (SSSR count). The molecule has 4 heteroatoms. The quantitative estimate of drug-likeness (QED) is 0.630. The van der Waals surface area contributed by atoms with Gasteiger partial charge in [0.1, 0.15) is 5.76 Å². The highest BCUT2D eigenvalue weighted by Crippen LogP contribution is 2.34. The molecule has 0 unspecified atom stereocenters. The van der Waals surface area contributed by atoms with Crippen LogP contribution in [0, 0.1) is 6.92 Å². The number of hydrogen-bond donors (Lipinski definition) is 0. The minimum absolute atomic E-state index is 0.379. The van der Waals surface area contributed by atoms with Gasteiger partial charge >= 0.3 is 5.97 Å². The van der Waals surface area contributed by atoms with Gasteiger partial charge in [0, 0.05) is 11.1 Å². The summed E-state index contributed by atoms with van der Waals surface area (Å²) in [5.41, 5.74) is 3.25. The van der Waals surface area contributed by atoms with Crippen LogP contribution in [-0.2, 0) is 9.53 Å². The van der Waals surface area contributed by atoms with E-state index < -0.39 is 0 Å². The number of benzene rings is 2. The van der Waals surface area contributed by atoms with Crippen molar-refractivity contribution < 1.29 is 19.0 Å². The van der Waals surface area contributed by atoms with Crippen molar-refractivity contribution in [3.05, 3.63) is 70.8 Å². The lowest BCUT2D eigenvalue weighted by Gasteiger charge is -2.10. The molecule has 0 aromatic heterocycles. The first-order valence-corrected chi connectivity index (χ1v) is 7.56. The van der Waals surface area contributed by atoms with Crippen LogP contribution in [0.5, 0.6) is 11.5 Å². The Morgan fingerprint density at radius 2 is 1.75 bits per heavy atom. The van der Waals surface area contributed by atoms with Gasteiger partial charge < -0.3 is 14.2 Å². The summed E-state index contributed by atoms with van der Waals surface area (Å²) in [5.74, 6) is 1.36. The maximum atomic E-state index is 12.2. The lowest BCUT2D eigenvalue weighted by molar-refractivity contribution is -0.130. The lowest BCUT2D eigenvalue weighted by Crippen LogP contribution is -1.98. The second-order valence-electron chi connectivity index (χ2n) is 5.45. The second-order valence-corrected chi connectivity index (χ2v) is 5.45. The van der Waals surface area contributed by atoms with Crippen molar-refractivity contribution in [2.45, 2.75) is 6.92 Å². The molecule has 24 heavy (non-hydrogen) atoms. The SMILES string of the molecule is COc1cccc(/C=C2/C=C(c3ccc(C)cc3)OC2=O)c1OC. The van der Waals surface area contributed by atoms with Gasteiger partial charge in [-0.3, -0.25) is 0 Å². The predicted molar refractivity (Wildman–Crippen MR) is 92.8 cm³/mol. The number of aryl methyl sites for hydroxylation is 1. The molecule has 1 aliphatic heterocycles. The van der Waals surface area contributed by atoms with Crippen LogP contribution < -0.4 is 9.47 Å². The summed E-state index contributed by atoms with van der Waals surface area (Å²) in [5, 5.41) is 0. The summed E-state index contributed by atoms with van der Waals surface area (Å²) >= 11 is 0. The fraction of sp³-hybridized carbons (Fsp3) is 0.150. The average Bonchev–Trinajstić information content (AvgIpc) is 2.96. The number of carbonyl (C=O) groups is 1. The van der Waals surface area contributed by atoms with E-state index in [4.69, 9.17) is 14.2 Å². The number of cyclic esters (lactones) is 1. The van der Waals surface area contributed by atoms with E-state index in [2.05, 4.69) is 0 Å². The molecule has 122 valence electrons. The monoisotopic (exact) mass is 322 g/mol. The van der Waals surface area contributed by atoms with Gasteiger partial charge in [0.15, 0.2) is 11.5 Å². The van der Waals surface area contributed by atoms with Crippen molar-refractivity contribution in [3.63, 3.8) is 0 Å². The number of para-hydroxylation sites is 1. The van der Waals surface area contributed by atoms with Crippen LogP contribution in [-0.4, -0.2) is 20.2 Å². The number of carbonyl (C=O) groups excluding carboxylic acids is 1. The largest absolute Gasteiger partial charge is 0.493 e. The standard InChI is InChI=1S/C20H18O4/c1-13-7-9-14(10-8-13)18-12-16(20(21)24-18)11-15-5-4-6-17(22-2)19(15)23-3/h4-12H,1-3H3/b16-11-. The lowest BCUT2D eigenvalue weighted by atomic mass is 10.1. The van der Waals surface area contributed by atoms with Gasteiger partial charge in [-0.2, -0.15) is 0 Å². The fourth-order valence-electron chi connectivity index (χ4n) is 2.54. The second kappa shape index (κ2) is 6.62. The highest BCUT2D eigenvalue weighted by molar-refractivity contribution is 6.05. The summed E-state index contributed by atoms with van der Waals surface area (Å²) in [7, 11) is 3.15. The van der Waals surface area contributed by atoms with Crippen molar-refractivity contribution in [1.29, 1.82) is 0 Å². The Hall–Kier alpha value is -3.01. The molecular formula is C20H18O4. The summed E-state index contributed by atoms with van der Waals surface area (Å²) in [6.45, 7) is 2.01. The van der Waals surface area contributed by atoms with Crippen LogP contribution >= 0.6 is 0 Å². The summed E-state index contributed by atoms with van der Waals surface area (Å²) in [6.07, 6.45) is 3.48. The first kappa shape index (κ1) is 15.9. The molecule has 2 aromatic rings. The van der Waals surface area contributed by atoms with E-state index >= 15 is 0 Å². The van der Waals surface area contributed by atoms with E-state index in [1.54, 1.807) is 32.4 Å². The number of esters is 1. The summed E-state index contributed by atoms with van der Waals surface area (Å²) in [4.78, 5) is 12.2. The van der Waals surface area contributed by atoms with Crippen LogP contribution in [0.25, 0.3) is 11.8 Å². The maximum absolute atomic E-state index is 12.2. The van der Waals surface area contributed by atoms with Crippen molar-refractivity contribution in [2.75, 3.05) is 14.2 Å². The zero-order chi connectivity index (χ0) is 17.1. The molecule has 0 N–H and O–H groups in total. The molecular weight excluding hydrogens is 304 g/mol. The Morgan fingerprint density at radius 3 is 2.42 bits per heavy atom. The van der Waals surface area contributed by atoms with Gasteiger partial charge in [0.05, 0.1) is 19.8 Å². The minimum Gasteiger partial charge on any atom is -0.493 e. The minimum atomic E-state index is -0.379. The maximum Gasteiger partial charge on any atom is 0.343 e. The highest BCUT2D eigenvalue weighted by Gasteiger charge is 2.22. The molecule has 4 nitrogen and oxygen atoms in total. The topological polar surface area (TPSA) is 44.8 Å². The van der Waals surface area contributed by atoms with Gasteiger partial charge in [-0.05, 0) is 25.1 Å². The zero-order valence-corrected chi connectivity index (χ0v) is 13.8. The predicted octanol–water partition coefficient (Wildman–Crippen LogP) is 3.99. The van der Waals surface area contributed by atoms with Crippen LogP contribution in [0.3, 0.4) is 0 Å². The van der Waals surface area contributed by atoms with Gasteiger partial charge in [-0.1, -0.05) is 42.0 Å². The Kier molecular flexibility index (Phi) is 4.38. The van der Waals surface area contributed by atoms with Crippen LogP contribution in [0.4, 0.5) is 0 Å². The number of methoxy groups -OCH3 is 2. The Balaban J connectivity index is 1.99. The van der Waals surface area contributed by atoms with E-state index in [1.165, 1.54) is 0 Å². The number of ether oxygens (including phenoxy) is 3. The third kappa shape index (κ3) is 3.04. The van der Waals surface area contributed by atoms with Crippen LogP contribution in [0.1, 0.15) is 16.7 Å². The highest BCUT2D eigenvalue weighted by atomic mass is 16.5. The molecule has 0 atom stereocenters. The van der Waals surface area contributed by atoms with Crippen LogP contribution in [0.15, 0.2) is 54.1 Å². The van der Waals surface area contributed by atoms with Crippen molar-refractivity contribution in [2.24, 2.45) is 0 Å². The number of rotatable bonds is 4. The number of hydrogen-bond acceptors (Lipinski definition) is 4. The molecule has 0 spiro atoms. The molecule has 0 saturated heterocycles. The van der Waals surface area contributed by atoms with E-state index in [-0.39, 0.29) is 5.97 Å². The zero-order valence-electron chi connectivity index (χ0n) is 13.8. The van der Waals surface area contributed by atoms with Crippen molar-refractivity contribution in [3.8, 4) is 11.5 Å². The Morgan fingerprint density at radius 1 is 1.00 bits per heavy atom. The summed E-state index contributed by atoms with van der Waals surface area (Å²) in [6, 6.07) is 13.3. The third-order valence-corrected chi connectivity index (χ3v) is 3.81. The van der Waals surface area contributed by atoms with Gasteiger partial charge in [0.25, 0.3) is 0 Å². The van der Waals surface area contributed by atoms with E-state index in [0.717, 1.165) is 16.7 Å². The van der Waals surface area contributed by atoms with E-state index in [1.807, 2.05) is 43.3 Å². The normalized spacial score (nSPS) is 15.2. The van der Waals surface area contributed by atoms with E-state index in [0.29, 0.717) is 22.8 Å². The molecule has 0 aliphatic carbocycles. The summed E-state index contributed by atoms with van der Waals surface area (Å²) < 4.78 is 16.1. The third-order valence-electron chi connectivity index (χ3n) is 3.81. The molecule has 0 bridgehead atoms. The molecule has 0 saturated carbocycles. The molecule has 2 aromatic carbocycles. The van der Waals surface area contributed by atoms with Crippen LogP contribution in [0.2, 0.25) is 0 Å². The molecule has 0 fully saturated rings. The van der Waals surface area contributed by atoms with Crippen molar-refractivity contribution in [1.82, 2.24) is 0 Å². The van der Waals surface area contributed by atoms with E-state index in [9.17, 15) is 4.79 Å². The van der Waals surface area contributed by atoms with Gasteiger partial charge in [-0.25, -0.2) is 4.79 Å². The van der Waals surface area contributed by atoms with Gasteiger partial charge in [-0.15, -0.1) is 0 Å². The Labute approximate surface area is 141 Å². The van der Waals surface area contributed by atoms with Crippen molar-refractivity contribution >= 4 is 17.8 Å². The Bertz CT molecular complexity index is 829. The van der Waals surface area contributed by atoms with Gasteiger partial charge in [0.2, 0.25) is 0 Å². The average molecular weight is 322 g/mol. The fourth-order valence-corrected chi connectivity index (χ4v) is 2.54.